The molecule has 0 saturated heterocycles. The number of aryl methyl sites for hydroxylation is 1. The van der Waals surface area contributed by atoms with Crippen molar-refractivity contribution in [3.05, 3.63) is 131 Å². The summed E-state index contributed by atoms with van der Waals surface area (Å²) in [5.74, 6) is -1.59. The number of nitrogens with one attached hydrogen (secondary N) is 1. The molecule has 2 amide bonds. The molecule has 4 aromatic rings. The molecule has 0 fully saturated rings. The Morgan fingerprint density at radius 1 is 0.837 bits per heavy atom. The van der Waals surface area contributed by atoms with Crippen LogP contribution in [0.5, 0.6) is 0 Å². The lowest BCUT2D eigenvalue weighted by Gasteiger charge is -2.34. The molecule has 0 aromatic heterocycles. The fraction of sp³-hybridized carbons (Fsp3) is 0.235. The molecule has 0 spiro atoms. The number of hydrogen-bond donors (Lipinski definition) is 1. The Morgan fingerprint density at radius 2 is 1.47 bits per heavy atom. The number of sulfonamides is 1. The van der Waals surface area contributed by atoms with Crippen LogP contribution in [-0.2, 0) is 32.6 Å². The van der Waals surface area contributed by atoms with E-state index in [2.05, 4.69) is 5.32 Å². The first-order valence-electron chi connectivity index (χ1n) is 14.1. The Bertz CT molecular complexity index is 1660. The largest absolute Gasteiger partial charge is 0.355 e. The summed E-state index contributed by atoms with van der Waals surface area (Å²) in [7, 11) is -4.21. The van der Waals surface area contributed by atoms with Crippen molar-refractivity contribution in [1.82, 2.24) is 10.2 Å². The number of carbonyl (C=O) groups is 2. The van der Waals surface area contributed by atoms with E-state index in [-0.39, 0.29) is 23.4 Å². The summed E-state index contributed by atoms with van der Waals surface area (Å²) in [4.78, 5) is 29.2. The molecule has 7 nitrogen and oxygen atoms in total. The van der Waals surface area contributed by atoms with Gasteiger partial charge in [-0.3, -0.25) is 13.9 Å². The lowest BCUT2D eigenvalue weighted by atomic mass is 10.0. The number of carbonyl (C=O) groups excluding carboxylic acids is 2. The van der Waals surface area contributed by atoms with Crippen molar-refractivity contribution in [2.75, 3.05) is 17.4 Å². The fourth-order valence-electron chi connectivity index (χ4n) is 4.89. The summed E-state index contributed by atoms with van der Waals surface area (Å²) in [6, 6.07) is 27.4. The van der Waals surface area contributed by atoms with Crippen molar-refractivity contribution in [2.45, 2.75) is 44.7 Å². The minimum atomic E-state index is -4.21. The van der Waals surface area contributed by atoms with Crippen LogP contribution in [0.1, 0.15) is 29.2 Å². The van der Waals surface area contributed by atoms with Gasteiger partial charge in [-0.15, -0.1) is 0 Å². The average Bonchev–Trinajstić information content (AvgIpc) is 3.01. The standard InChI is InChI=1S/C34H36FN3O4S/c1-4-36-34(40)32(22-27-15-7-5-8-16-27)37(23-28-17-11-12-20-30(28)35)33(39)24-38(31-21-13-14-25(2)26(31)3)43(41,42)29-18-9-6-10-19-29/h5-21,32H,4,22-24H2,1-3H3,(H,36,40)/t32-/m1/s1. The number of anilines is 1. The molecule has 0 saturated carbocycles. The smallest absolute Gasteiger partial charge is 0.264 e. The van der Waals surface area contributed by atoms with Crippen molar-refractivity contribution in [1.29, 1.82) is 0 Å². The molecule has 0 aliphatic rings. The SMILES string of the molecule is CCNC(=O)[C@@H](Cc1ccccc1)N(Cc1ccccc1F)C(=O)CN(c1cccc(C)c1C)S(=O)(=O)c1ccccc1. The van der Waals surface area contributed by atoms with Crippen molar-refractivity contribution < 1.29 is 22.4 Å². The third-order valence-electron chi connectivity index (χ3n) is 7.38. The zero-order chi connectivity index (χ0) is 31.0. The van der Waals surface area contributed by atoms with Crippen LogP contribution in [0.3, 0.4) is 0 Å². The number of rotatable bonds is 12. The quantitative estimate of drug-likeness (QED) is 0.235. The van der Waals surface area contributed by atoms with E-state index in [1.165, 1.54) is 23.1 Å². The topological polar surface area (TPSA) is 86.8 Å². The summed E-state index contributed by atoms with van der Waals surface area (Å²) in [6.07, 6.45) is 0.155. The molecule has 1 N–H and O–H groups in total. The van der Waals surface area contributed by atoms with Gasteiger partial charge in [0.15, 0.2) is 0 Å². The monoisotopic (exact) mass is 601 g/mol. The number of hydrogen-bond acceptors (Lipinski definition) is 4. The molecule has 0 radical (unpaired) electrons. The van der Waals surface area contributed by atoms with E-state index in [0.29, 0.717) is 17.8 Å². The summed E-state index contributed by atoms with van der Waals surface area (Å²) < 4.78 is 44.2. The minimum Gasteiger partial charge on any atom is -0.355 e. The second-order valence-corrected chi connectivity index (χ2v) is 12.1. The molecule has 43 heavy (non-hydrogen) atoms. The number of amides is 2. The highest BCUT2D eigenvalue weighted by atomic mass is 32.2. The zero-order valence-corrected chi connectivity index (χ0v) is 25.4. The summed E-state index contributed by atoms with van der Waals surface area (Å²) in [6.45, 7) is 4.93. The van der Waals surface area contributed by atoms with E-state index < -0.39 is 40.2 Å². The van der Waals surface area contributed by atoms with Crippen molar-refractivity contribution in [3.8, 4) is 0 Å². The van der Waals surface area contributed by atoms with Gasteiger partial charge in [0.2, 0.25) is 11.8 Å². The predicted octanol–water partition coefficient (Wildman–Crippen LogP) is 5.41. The van der Waals surface area contributed by atoms with Gasteiger partial charge < -0.3 is 10.2 Å². The first-order chi connectivity index (χ1) is 20.6. The third kappa shape index (κ3) is 7.48. The molecule has 0 heterocycles. The highest BCUT2D eigenvalue weighted by Crippen LogP contribution is 2.29. The maximum atomic E-state index is 14.9. The van der Waals surface area contributed by atoms with Gasteiger partial charge in [0.25, 0.3) is 10.0 Å². The van der Waals surface area contributed by atoms with Crippen LogP contribution in [0.2, 0.25) is 0 Å². The lowest BCUT2D eigenvalue weighted by molar-refractivity contribution is -0.140. The Balaban J connectivity index is 1.83. The number of benzene rings is 4. The van der Waals surface area contributed by atoms with Crippen LogP contribution >= 0.6 is 0 Å². The maximum Gasteiger partial charge on any atom is 0.264 e. The van der Waals surface area contributed by atoms with Crippen molar-refractivity contribution in [2.24, 2.45) is 0 Å². The summed E-state index contributed by atoms with van der Waals surface area (Å²) in [5.41, 5.74) is 2.90. The van der Waals surface area contributed by atoms with E-state index >= 15 is 0 Å². The van der Waals surface area contributed by atoms with E-state index in [4.69, 9.17) is 0 Å². The second-order valence-electron chi connectivity index (χ2n) is 10.3. The van der Waals surface area contributed by atoms with Crippen LogP contribution in [0, 0.1) is 19.7 Å². The van der Waals surface area contributed by atoms with Crippen LogP contribution in [0.15, 0.2) is 108 Å². The molecule has 9 heteroatoms. The molecular weight excluding hydrogens is 565 g/mol. The highest BCUT2D eigenvalue weighted by Gasteiger charge is 2.35. The fourth-order valence-corrected chi connectivity index (χ4v) is 6.39. The van der Waals surface area contributed by atoms with Crippen LogP contribution in [-0.4, -0.2) is 44.3 Å². The Kier molecular flexibility index (Phi) is 10.3. The third-order valence-corrected chi connectivity index (χ3v) is 9.15. The van der Waals surface area contributed by atoms with Gasteiger partial charge >= 0.3 is 0 Å². The van der Waals surface area contributed by atoms with Gasteiger partial charge in [-0.25, -0.2) is 12.8 Å². The van der Waals surface area contributed by atoms with E-state index in [1.54, 1.807) is 62.4 Å². The Hall–Kier alpha value is -4.50. The normalized spacial score (nSPS) is 11.9. The Labute approximate surface area is 253 Å². The summed E-state index contributed by atoms with van der Waals surface area (Å²) in [5, 5.41) is 2.80. The average molecular weight is 602 g/mol. The maximum absolute atomic E-state index is 14.9. The van der Waals surface area contributed by atoms with Gasteiger partial charge in [-0.2, -0.15) is 0 Å². The van der Waals surface area contributed by atoms with E-state index in [1.807, 2.05) is 43.3 Å². The lowest BCUT2D eigenvalue weighted by Crippen LogP contribution is -2.53. The molecule has 224 valence electrons. The molecule has 0 unspecified atom stereocenters. The van der Waals surface area contributed by atoms with Gasteiger partial charge in [0.05, 0.1) is 10.6 Å². The highest BCUT2D eigenvalue weighted by molar-refractivity contribution is 7.92. The van der Waals surface area contributed by atoms with Crippen LogP contribution < -0.4 is 9.62 Å². The minimum absolute atomic E-state index is 0.0221. The van der Waals surface area contributed by atoms with Gasteiger partial charge in [-0.05, 0) is 61.7 Å². The van der Waals surface area contributed by atoms with Crippen LogP contribution in [0.25, 0.3) is 0 Å². The van der Waals surface area contributed by atoms with Crippen LogP contribution in [0.4, 0.5) is 10.1 Å². The molecule has 1 atom stereocenters. The summed E-state index contributed by atoms with van der Waals surface area (Å²) >= 11 is 0. The molecule has 0 aliphatic carbocycles. The number of nitrogens with zero attached hydrogens (tertiary/aromatic N) is 2. The molecule has 4 rings (SSSR count). The zero-order valence-electron chi connectivity index (χ0n) is 24.5. The van der Waals surface area contributed by atoms with Crippen molar-refractivity contribution in [3.63, 3.8) is 0 Å². The number of halogens is 1. The van der Waals surface area contributed by atoms with E-state index in [9.17, 15) is 22.4 Å². The first kappa shape index (κ1) is 31.4. The van der Waals surface area contributed by atoms with Gasteiger partial charge in [0, 0.05) is 25.1 Å². The molecule has 0 bridgehead atoms. The number of likely N-dealkylation sites (N-methyl/N-ethyl adjacent to an activating group) is 1. The first-order valence-corrected chi connectivity index (χ1v) is 15.6. The molecule has 4 aromatic carbocycles. The van der Waals surface area contributed by atoms with Gasteiger partial charge in [0.1, 0.15) is 18.4 Å². The predicted molar refractivity (Wildman–Crippen MR) is 166 cm³/mol. The second kappa shape index (κ2) is 14.1. The Morgan fingerprint density at radius 3 is 2.12 bits per heavy atom. The van der Waals surface area contributed by atoms with E-state index in [0.717, 1.165) is 15.4 Å². The van der Waals surface area contributed by atoms with Crippen molar-refractivity contribution >= 4 is 27.5 Å². The van der Waals surface area contributed by atoms with Gasteiger partial charge in [-0.1, -0.05) is 78.9 Å². The molecular formula is C34H36FN3O4S. The molecule has 0 aliphatic heterocycles.